The molecule has 0 aliphatic carbocycles. The van der Waals surface area contributed by atoms with Crippen LogP contribution in [0.2, 0.25) is 0 Å². The Balaban J connectivity index is 3.33. The third-order valence-electron chi connectivity index (χ3n) is 1.55. The molecule has 0 amide bonds. The standard InChI is InChI=1S/C8H18BrNO2/c1-10(5-3-4-9)6-8(11)7-12-2/h8,11H,3-7H2,1-2H3. The van der Waals surface area contributed by atoms with Gasteiger partial charge in [0.05, 0.1) is 12.7 Å². The molecule has 12 heavy (non-hydrogen) atoms. The molecule has 0 bridgehead atoms. The first-order chi connectivity index (χ1) is 5.70. The lowest BCUT2D eigenvalue weighted by atomic mass is 10.3. The van der Waals surface area contributed by atoms with Gasteiger partial charge in [-0.2, -0.15) is 0 Å². The predicted octanol–water partition coefficient (Wildman–Crippen LogP) is 0.711. The van der Waals surface area contributed by atoms with Crippen molar-refractivity contribution in [3.05, 3.63) is 0 Å². The average Bonchev–Trinajstić information content (AvgIpc) is 2.01. The molecule has 4 heteroatoms. The van der Waals surface area contributed by atoms with Crippen LogP contribution in [0.1, 0.15) is 6.42 Å². The summed E-state index contributed by atoms with van der Waals surface area (Å²) in [7, 11) is 3.60. The van der Waals surface area contributed by atoms with Gasteiger partial charge in [-0.05, 0) is 20.0 Å². The number of methoxy groups -OCH3 is 1. The Kier molecular flexibility index (Phi) is 8.22. The first-order valence-electron chi connectivity index (χ1n) is 4.12. The summed E-state index contributed by atoms with van der Waals surface area (Å²) >= 11 is 3.36. The van der Waals surface area contributed by atoms with Gasteiger partial charge in [-0.25, -0.2) is 0 Å². The summed E-state index contributed by atoms with van der Waals surface area (Å²) in [4.78, 5) is 2.10. The number of nitrogens with zero attached hydrogens (tertiary/aromatic N) is 1. The molecule has 1 unspecified atom stereocenters. The van der Waals surface area contributed by atoms with Crippen molar-refractivity contribution in [3.63, 3.8) is 0 Å². The molecule has 0 aromatic rings. The second-order valence-electron chi connectivity index (χ2n) is 2.91. The lowest BCUT2D eigenvalue weighted by Gasteiger charge is -2.19. The Hall–Kier alpha value is 0.360. The Bertz CT molecular complexity index is 103. The Morgan fingerprint density at radius 3 is 2.75 bits per heavy atom. The van der Waals surface area contributed by atoms with Crippen molar-refractivity contribution in [2.75, 3.05) is 39.2 Å². The summed E-state index contributed by atoms with van der Waals surface area (Å²) in [5.74, 6) is 0. The van der Waals surface area contributed by atoms with Crippen molar-refractivity contribution in [2.45, 2.75) is 12.5 Å². The van der Waals surface area contributed by atoms with E-state index in [0.717, 1.165) is 18.3 Å². The second kappa shape index (κ2) is 7.98. The third-order valence-corrected chi connectivity index (χ3v) is 2.12. The molecule has 74 valence electrons. The van der Waals surface area contributed by atoms with Gasteiger partial charge in [0, 0.05) is 19.0 Å². The van der Waals surface area contributed by atoms with Crippen LogP contribution in [0.25, 0.3) is 0 Å². The summed E-state index contributed by atoms with van der Waals surface area (Å²) in [6.07, 6.45) is 0.742. The van der Waals surface area contributed by atoms with Crippen molar-refractivity contribution < 1.29 is 9.84 Å². The molecule has 0 aromatic carbocycles. The van der Waals surface area contributed by atoms with Crippen molar-refractivity contribution in [2.24, 2.45) is 0 Å². The minimum Gasteiger partial charge on any atom is -0.389 e. The zero-order chi connectivity index (χ0) is 9.40. The number of ether oxygens (including phenoxy) is 1. The fraction of sp³-hybridized carbons (Fsp3) is 1.00. The van der Waals surface area contributed by atoms with Crippen LogP contribution in [-0.4, -0.2) is 55.3 Å². The van der Waals surface area contributed by atoms with E-state index < -0.39 is 0 Å². The summed E-state index contributed by atoms with van der Waals surface area (Å²) < 4.78 is 4.82. The summed E-state index contributed by atoms with van der Waals surface area (Å²) in [6.45, 7) is 2.10. The van der Waals surface area contributed by atoms with Crippen LogP contribution in [-0.2, 0) is 4.74 Å². The van der Waals surface area contributed by atoms with Crippen molar-refractivity contribution in [3.8, 4) is 0 Å². The number of alkyl halides is 1. The van der Waals surface area contributed by atoms with Crippen molar-refractivity contribution >= 4 is 15.9 Å². The Morgan fingerprint density at radius 1 is 1.58 bits per heavy atom. The first-order valence-corrected chi connectivity index (χ1v) is 5.24. The van der Waals surface area contributed by atoms with Gasteiger partial charge >= 0.3 is 0 Å². The zero-order valence-electron chi connectivity index (χ0n) is 7.79. The molecule has 0 heterocycles. The fourth-order valence-corrected chi connectivity index (χ4v) is 1.28. The highest BCUT2D eigenvalue weighted by molar-refractivity contribution is 9.09. The third kappa shape index (κ3) is 7.03. The van der Waals surface area contributed by atoms with E-state index in [4.69, 9.17) is 4.74 Å². The van der Waals surface area contributed by atoms with Crippen LogP contribution in [0.4, 0.5) is 0 Å². The maximum Gasteiger partial charge on any atom is 0.0899 e. The van der Waals surface area contributed by atoms with E-state index in [1.165, 1.54) is 0 Å². The highest BCUT2D eigenvalue weighted by Gasteiger charge is 2.06. The molecule has 0 aromatic heterocycles. The monoisotopic (exact) mass is 239 g/mol. The number of hydrogen-bond donors (Lipinski definition) is 1. The molecule has 0 spiro atoms. The maximum atomic E-state index is 9.34. The van der Waals surface area contributed by atoms with E-state index in [9.17, 15) is 5.11 Å². The number of hydrogen-bond acceptors (Lipinski definition) is 3. The topological polar surface area (TPSA) is 32.7 Å². The number of aliphatic hydroxyl groups excluding tert-OH is 1. The largest absolute Gasteiger partial charge is 0.389 e. The molecular weight excluding hydrogens is 222 g/mol. The zero-order valence-corrected chi connectivity index (χ0v) is 9.38. The van der Waals surface area contributed by atoms with Crippen molar-refractivity contribution in [1.82, 2.24) is 4.90 Å². The lowest BCUT2D eigenvalue weighted by Crippen LogP contribution is -2.32. The number of likely N-dealkylation sites (N-methyl/N-ethyl adjacent to an activating group) is 1. The fourth-order valence-electron chi connectivity index (χ4n) is 1.03. The molecule has 0 aliphatic rings. The normalized spacial score (nSPS) is 13.8. The smallest absolute Gasteiger partial charge is 0.0899 e. The van der Waals surface area contributed by atoms with Crippen LogP contribution in [0.3, 0.4) is 0 Å². The predicted molar refractivity (Wildman–Crippen MR) is 53.8 cm³/mol. The minimum atomic E-state index is -0.365. The summed E-state index contributed by atoms with van der Waals surface area (Å²) in [5.41, 5.74) is 0. The van der Waals surface area contributed by atoms with Gasteiger partial charge in [-0.15, -0.1) is 0 Å². The van der Waals surface area contributed by atoms with E-state index in [1.54, 1.807) is 7.11 Å². The Labute approximate surface area is 82.8 Å². The van der Waals surface area contributed by atoms with Gasteiger partial charge in [0.15, 0.2) is 0 Å². The molecule has 1 atom stereocenters. The summed E-state index contributed by atoms with van der Waals surface area (Å²) in [6, 6.07) is 0. The van der Waals surface area contributed by atoms with Crippen LogP contribution in [0, 0.1) is 0 Å². The maximum absolute atomic E-state index is 9.34. The molecule has 0 radical (unpaired) electrons. The average molecular weight is 240 g/mol. The molecule has 0 rings (SSSR count). The quantitative estimate of drug-likeness (QED) is 0.665. The van der Waals surface area contributed by atoms with E-state index in [1.807, 2.05) is 7.05 Å². The highest BCUT2D eigenvalue weighted by Crippen LogP contribution is 1.94. The molecule has 0 saturated heterocycles. The molecule has 0 aliphatic heterocycles. The van der Waals surface area contributed by atoms with Gasteiger partial charge in [-0.1, -0.05) is 15.9 Å². The SMILES string of the molecule is COCC(O)CN(C)CCCBr. The molecule has 0 fully saturated rings. The molecular formula is C8H18BrNO2. The Morgan fingerprint density at radius 2 is 2.25 bits per heavy atom. The van der Waals surface area contributed by atoms with Crippen LogP contribution >= 0.6 is 15.9 Å². The van der Waals surface area contributed by atoms with Crippen LogP contribution in [0.15, 0.2) is 0 Å². The first kappa shape index (κ1) is 12.4. The van der Waals surface area contributed by atoms with Gasteiger partial charge in [-0.3, -0.25) is 0 Å². The van der Waals surface area contributed by atoms with Gasteiger partial charge in [0.1, 0.15) is 0 Å². The number of rotatable bonds is 7. The van der Waals surface area contributed by atoms with Gasteiger partial charge in [0.2, 0.25) is 0 Å². The van der Waals surface area contributed by atoms with Gasteiger partial charge < -0.3 is 14.7 Å². The van der Waals surface area contributed by atoms with Crippen LogP contribution < -0.4 is 0 Å². The second-order valence-corrected chi connectivity index (χ2v) is 3.71. The number of aliphatic hydroxyl groups is 1. The summed E-state index contributed by atoms with van der Waals surface area (Å²) in [5, 5.41) is 10.4. The van der Waals surface area contributed by atoms with Gasteiger partial charge in [0.25, 0.3) is 0 Å². The van der Waals surface area contributed by atoms with E-state index >= 15 is 0 Å². The van der Waals surface area contributed by atoms with E-state index in [-0.39, 0.29) is 6.10 Å². The highest BCUT2D eigenvalue weighted by atomic mass is 79.9. The minimum absolute atomic E-state index is 0.365. The van der Waals surface area contributed by atoms with E-state index in [2.05, 4.69) is 20.8 Å². The van der Waals surface area contributed by atoms with Crippen molar-refractivity contribution in [1.29, 1.82) is 0 Å². The van der Waals surface area contributed by atoms with Crippen LogP contribution in [0.5, 0.6) is 0 Å². The lowest BCUT2D eigenvalue weighted by molar-refractivity contribution is 0.0434. The number of halogens is 1. The molecule has 3 nitrogen and oxygen atoms in total. The van der Waals surface area contributed by atoms with E-state index in [0.29, 0.717) is 13.2 Å². The molecule has 0 saturated carbocycles. The molecule has 1 N–H and O–H groups in total.